The van der Waals surface area contributed by atoms with Gasteiger partial charge in [-0.2, -0.15) is 5.10 Å². The fourth-order valence-electron chi connectivity index (χ4n) is 3.78. The number of carbonyl (C=O) groups excluding carboxylic acids is 1. The van der Waals surface area contributed by atoms with Gasteiger partial charge < -0.3 is 10.1 Å². The summed E-state index contributed by atoms with van der Waals surface area (Å²) in [5.41, 5.74) is 3.59. The van der Waals surface area contributed by atoms with Crippen molar-refractivity contribution in [3.05, 3.63) is 47.8 Å². The van der Waals surface area contributed by atoms with Crippen molar-refractivity contribution in [1.82, 2.24) is 14.7 Å². The van der Waals surface area contributed by atoms with E-state index in [1.165, 1.54) is 11.1 Å². The summed E-state index contributed by atoms with van der Waals surface area (Å²) in [5, 5.41) is 7.27. The topological polar surface area (TPSA) is 59.4 Å². The van der Waals surface area contributed by atoms with Crippen molar-refractivity contribution in [2.45, 2.75) is 44.9 Å². The van der Waals surface area contributed by atoms with E-state index in [1.54, 1.807) is 0 Å². The number of hydrogen-bond donors (Lipinski definition) is 1. The van der Waals surface area contributed by atoms with Gasteiger partial charge in [0.25, 0.3) is 5.91 Å². The number of carbonyl (C=O) groups is 1. The number of aryl methyl sites for hydroxylation is 1. The summed E-state index contributed by atoms with van der Waals surface area (Å²) >= 11 is 0. The van der Waals surface area contributed by atoms with Crippen LogP contribution in [0.1, 0.15) is 30.4 Å². The number of nitrogens with one attached hydrogen (secondary N) is 1. The van der Waals surface area contributed by atoms with E-state index >= 15 is 0 Å². The molecule has 0 spiro atoms. The van der Waals surface area contributed by atoms with E-state index in [9.17, 15) is 4.79 Å². The van der Waals surface area contributed by atoms with Crippen LogP contribution in [0.15, 0.2) is 36.7 Å². The molecule has 2 aliphatic heterocycles. The summed E-state index contributed by atoms with van der Waals surface area (Å²) in [4.78, 5) is 14.7. The van der Waals surface area contributed by atoms with E-state index in [4.69, 9.17) is 4.74 Å². The Balaban J connectivity index is 1.32. The number of hydrogen-bond acceptors (Lipinski definition) is 4. The maximum absolute atomic E-state index is 12.2. The van der Waals surface area contributed by atoms with Gasteiger partial charge in [0.1, 0.15) is 6.10 Å². The molecule has 138 valence electrons. The average Bonchev–Trinajstić information content (AvgIpc) is 3.35. The molecule has 2 aliphatic rings. The third-order valence-electron chi connectivity index (χ3n) is 5.21. The molecular formula is C20H26N4O2. The molecule has 4 rings (SSSR count). The van der Waals surface area contributed by atoms with Crippen LogP contribution in [0, 0.1) is 0 Å². The molecule has 1 saturated heterocycles. The molecule has 0 bridgehead atoms. The first-order valence-corrected chi connectivity index (χ1v) is 9.52. The highest BCUT2D eigenvalue weighted by molar-refractivity contribution is 5.94. The van der Waals surface area contributed by atoms with Gasteiger partial charge in [-0.3, -0.25) is 14.4 Å². The van der Waals surface area contributed by atoms with Gasteiger partial charge in [-0.25, -0.2) is 0 Å². The largest absolute Gasteiger partial charge is 0.368 e. The van der Waals surface area contributed by atoms with Crippen LogP contribution in [-0.4, -0.2) is 46.4 Å². The number of rotatable bonds is 6. The van der Waals surface area contributed by atoms with Gasteiger partial charge in [0.15, 0.2) is 0 Å². The van der Waals surface area contributed by atoms with E-state index in [0.717, 1.165) is 57.5 Å². The predicted octanol–water partition coefficient (Wildman–Crippen LogP) is 2.45. The van der Waals surface area contributed by atoms with Crippen molar-refractivity contribution < 1.29 is 9.53 Å². The van der Waals surface area contributed by atoms with E-state index < -0.39 is 0 Å². The number of ether oxygens (including phenoxy) is 1. The summed E-state index contributed by atoms with van der Waals surface area (Å²) in [6.45, 7) is 4.74. The second-order valence-electron chi connectivity index (χ2n) is 7.12. The van der Waals surface area contributed by atoms with Crippen molar-refractivity contribution in [3.8, 4) is 0 Å². The minimum atomic E-state index is -0.287. The van der Waals surface area contributed by atoms with Crippen LogP contribution in [-0.2, 0) is 29.0 Å². The number of nitrogens with zero attached hydrogens (tertiary/aromatic N) is 3. The molecule has 1 unspecified atom stereocenters. The van der Waals surface area contributed by atoms with Gasteiger partial charge in [-0.15, -0.1) is 0 Å². The highest BCUT2D eigenvalue weighted by Crippen LogP contribution is 2.23. The first-order valence-electron chi connectivity index (χ1n) is 9.52. The van der Waals surface area contributed by atoms with Crippen LogP contribution in [0.3, 0.4) is 0 Å². The van der Waals surface area contributed by atoms with Crippen LogP contribution in [0.2, 0.25) is 0 Å². The molecule has 1 N–H and O–H groups in total. The van der Waals surface area contributed by atoms with Crippen LogP contribution < -0.4 is 5.32 Å². The summed E-state index contributed by atoms with van der Waals surface area (Å²) < 4.78 is 7.45. The molecule has 6 heteroatoms. The average molecular weight is 354 g/mol. The highest BCUT2D eigenvalue weighted by atomic mass is 16.5. The van der Waals surface area contributed by atoms with Gasteiger partial charge in [-0.1, -0.05) is 6.07 Å². The van der Waals surface area contributed by atoms with Crippen molar-refractivity contribution in [3.63, 3.8) is 0 Å². The smallest absolute Gasteiger partial charge is 0.253 e. The Kier molecular flexibility index (Phi) is 5.32. The van der Waals surface area contributed by atoms with Crippen molar-refractivity contribution in [1.29, 1.82) is 0 Å². The zero-order chi connectivity index (χ0) is 17.8. The second kappa shape index (κ2) is 8.01. The molecule has 1 aromatic heterocycles. The normalized spacial score (nSPS) is 20.1. The van der Waals surface area contributed by atoms with Gasteiger partial charge in [-0.05, 0) is 55.0 Å². The van der Waals surface area contributed by atoms with Crippen LogP contribution in [0.25, 0.3) is 0 Å². The standard InChI is InChI=1S/C20H26N4O2/c25-20(19-4-1-13-26-19)22-18-6-5-16-7-12-23(15-17(16)14-18)9-3-11-24-10-2-8-21-24/h2,5-6,8,10,14,19H,1,3-4,7,9,11-13,15H2,(H,22,25). The maximum atomic E-state index is 12.2. The Morgan fingerprint density at radius 2 is 2.27 bits per heavy atom. The molecule has 0 radical (unpaired) electrons. The maximum Gasteiger partial charge on any atom is 0.253 e. The van der Waals surface area contributed by atoms with E-state index in [-0.39, 0.29) is 12.0 Å². The van der Waals surface area contributed by atoms with Crippen LogP contribution in [0.5, 0.6) is 0 Å². The lowest BCUT2D eigenvalue weighted by atomic mass is 9.99. The predicted molar refractivity (Wildman–Crippen MR) is 99.9 cm³/mol. The Morgan fingerprint density at radius 1 is 1.31 bits per heavy atom. The SMILES string of the molecule is O=C(Nc1ccc2c(c1)CN(CCCn1cccn1)CC2)C1CCCO1. The lowest BCUT2D eigenvalue weighted by molar-refractivity contribution is -0.124. The monoisotopic (exact) mass is 354 g/mol. The molecule has 26 heavy (non-hydrogen) atoms. The third-order valence-corrected chi connectivity index (χ3v) is 5.21. The van der Waals surface area contributed by atoms with E-state index in [2.05, 4.69) is 27.4 Å². The second-order valence-corrected chi connectivity index (χ2v) is 7.12. The number of anilines is 1. The first kappa shape index (κ1) is 17.2. The third kappa shape index (κ3) is 4.14. The Hall–Kier alpha value is -2.18. The van der Waals surface area contributed by atoms with Crippen LogP contribution in [0.4, 0.5) is 5.69 Å². The van der Waals surface area contributed by atoms with Crippen molar-refractivity contribution in [2.75, 3.05) is 25.0 Å². The number of benzene rings is 1. The molecule has 1 fully saturated rings. The summed E-state index contributed by atoms with van der Waals surface area (Å²) in [6, 6.07) is 8.26. The summed E-state index contributed by atoms with van der Waals surface area (Å²) in [6.07, 6.45) is 7.49. The van der Waals surface area contributed by atoms with Crippen molar-refractivity contribution >= 4 is 11.6 Å². The van der Waals surface area contributed by atoms with E-state index in [0.29, 0.717) is 6.61 Å². The molecule has 1 aromatic carbocycles. The summed E-state index contributed by atoms with van der Waals surface area (Å²) in [7, 11) is 0. The van der Waals surface area contributed by atoms with E-state index in [1.807, 2.05) is 29.2 Å². The quantitative estimate of drug-likeness (QED) is 0.866. The Morgan fingerprint density at radius 3 is 3.08 bits per heavy atom. The first-order chi connectivity index (χ1) is 12.8. The molecule has 0 saturated carbocycles. The molecule has 2 aromatic rings. The lowest BCUT2D eigenvalue weighted by Crippen LogP contribution is -2.32. The molecule has 1 atom stereocenters. The van der Waals surface area contributed by atoms with Gasteiger partial charge in [0, 0.05) is 50.9 Å². The minimum Gasteiger partial charge on any atom is -0.368 e. The summed E-state index contributed by atoms with van der Waals surface area (Å²) in [5.74, 6) is -0.0191. The highest BCUT2D eigenvalue weighted by Gasteiger charge is 2.24. The zero-order valence-corrected chi connectivity index (χ0v) is 15.1. The Bertz CT molecular complexity index is 738. The molecular weight excluding hydrogens is 328 g/mol. The molecule has 1 amide bonds. The fourth-order valence-corrected chi connectivity index (χ4v) is 3.78. The molecule has 3 heterocycles. The zero-order valence-electron chi connectivity index (χ0n) is 15.1. The fraction of sp³-hybridized carbons (Fsp3) is 0.500. The molecule has 0 aliphatic carbocycles. The van der Waals surface area contributed by atoms with Gasteiger partial charge >= 0.3 is 0 Å². The molecule has 6 nitrogen and oxygen atoms in total. The van der Waals surface area contributed by atoms with Crippen LogP contribution >= 0.6 is 0 Å². The Labute approximate surface area is 154 Å². The number of aromatic nitrogens is 2. The lowest BCUT2D eigenvalue weighted by Gasteiger charge is -2.29. The number of amides is 1. The minimum absolute atomic E-state index is 0.0191. The number of fused-ring (bicyclic) bond motifs is 1. The van der Waals surface area contributed by atoms with Gasteiger partial charge in [0.2, 0.25) is 0 Å². The van der Waals surface area contributed by atoms with Gasteiger partial charge in [0.05, 0.1) is 0 Å². The van der Waals surface area contributed by atoms with Crippen molar-refractivity contribution in [2.24, 2.45) is 0 Å².